The van der Waals surface area contributed by atoms with Crippen molar-refractivity contribution in [3.8, 4) is 0 Å². The van der Waals surface area contributed by atoms with E-state index in [0.29, 0.717) is 0 Å². The smallest absolute Gasteiger partial charge is 0.309 e. The van der Waals surface area contributed by atoms with Crippen molar-refractivity contribution >= 4 is 47.4 Å². The average molecular weight is 679 g/mol. The maximum absolute atomic E-state index is 14.7. The van der Waals surface area contributed by atoms with Crippen LogP contribution >= 0.6 is 0 Å². The maximum atomic E-state index is 14.7. The molecule has 0 radical (unpaired) electrons. The van der Waals surface area contributed by atoms with Gasteiger partial charge < -0.3 is 28.4 Å². The van der Waals surface area contributed by atoms with Gasteiger partial charge in [0.1, 0.15) is 6.10 Å². The van der Waals surface area contributed by atoms with Gasteiger partial charge in [0.05, 0.1) is 11.8 Å². The zero-order chi connectivity index (χ0) is 37.1. The summed E-state index contributed by atoms with van der Waals surface area (Å²) in [5.41, 5.74) is -6.08. The van der Waals surface area contributed by atoms with Gasteiger partial charge in [-0.25, -0.2) is 0 Å². The van der Waals surface area contributed by atoms with E-state index in [0.717, 1.165) is 34.6 Å². The monoisotopic (exact) mass is 678 g/mol. The standard InChI is InChI=1S/C34H46O14/c1-16(2)31(42)46-26-18(4)25(43-19(5)35)24-30(45-21(7)37)33(12,47-22(8)38)15-34(24,48-23(9)39)28(40)17(3)13-14-32(10,11)29(41)27(26)44-20(6)36/h13-14,16-17,24-27,30H,4,15H2,1-3,5-12H3/b14-13+/t17-,24+,25+,26+,27-,30-,33-,34-/m1/s1. The largest absolute Gasteiger partial charge is 0.458 e. The molecule has 2 aliphatic carbocycles. The van der Waals surface area contributed by atoms with E-state index in [1.54, 1.807) is 0 Å². The normalized spacial score (nSPS) is 32.5. The molecule has 0 aromatic carbocycles. The first kappa shape index (κ1) is 39.8. The third-order valence-corrected chi connectivity index (χ3v) is 8.23. The predicted octanol–water partition coefficient (Wildman–Crippen LogP) is 2.92. The third-order valence-electron chi connectivity index (χ3n) is 8.23. The highest BCUT2D eigenvalue weighted by atomic mass is 16.6. The van der Waals surface area contributed by atoms with E-state index in [1.165, 1.54) is 53.7 Å². The Morgan fingerprint density at radius 3 is 1.69 bits per heavy atom. The second-order valence-corrected chi connectivity index (χ2v) is 13.4. The molecule has 0 spiro atoms. The summed E-state index contributed by atoms with van der Waals surface area (Å²) in [6.07, 6.45) is -5.04. The minimum Gasteiger partial charge on any atom is -0.458 e. The van der Waals surface area contributed by atoms with Gasteiger partial charge in [-0.1, -0.05) is 39.5 Å². The van der Waals surface area contributed by atoms with Crippen molar-refractivity contribution in [3.05, 3.63) is 24.3 Å². The van der Waals surface area contributed by atoms with Gasteiger partial charge in [0.15, 0.2) is 35.0 Å². The van der Waals surface area contributed by atoms with E-state index in [4.69, 9.17) is 28.4 Å². The fraction of sp³-hybridized carbons (Fsp3) is 0.647. The van der Waals surface area contributed by atoms with E-state index in [1.807, 2.05) is 0 Å². The van der Waals surface area contributed by atoms with Crippen LogP contribution in [0.1, 0.15) is 82.6 Å². The molecule has 0 unspecified atom stereocenters. The molecule has 0 bridgehead atoms. The molecular weight excluding hydrogens is 632 g/mol. The van der Waals surface area contributed by atoms with Crippen LogP contribution in [0.5, 0.6) is 0 Å². The lowest BCUT2D eigenvalue weighted by atomic mass is 9.72. The van der Waals surface area contributed by atoms with Gasteiger partial charge in [-0.05, 0) is 20.8 Å². The second-order valence-electron chi connectivity index (χ2n) is 13.4. The van der Waals surface area contributed by atoms with Crippen LogP contribution in [0.2, 0.25) is 0 Å². The molecule has 48 heavy (non-hydrogen) atoms. The summed E-state index contributed by atoms with van der Waals surface area (Å²) in [6.45, 7) is 18.0. The number of esters is 6. The molecule has 0 amide bonds. The highest BCUT2D eigenvalue weighted by Gasteiger charge is 2.72. The van der Waals surface area contributed by atoms with Crippen molar-refractivity contribution in [2.24, 2.45) is 23.2 Å². The summed E-state index contributed by atoms with van der Waals surface area (Å²) in [6, 6.07) is 0. The molecule has 1 saturated carbocycles. The van der Waals surface area contributed by atoms with Gasteiger partial charge in [-0.3, -0.25) is 38.4 Å². The molecule has 0 N–H and O–H groups in total. The Bertz CT molecular complexity index is 1410. The summed E-state index contributed by atoms with van der Waals surface area (Å²) >= 11 is 0. The van der Waals surface area contributed by atoms with E-state index in [2.05, 4.69) is 6.58 Å². The fourth-order valence-corrected chi connectivity index (χ4v) is 6.28. The molecule has 1 fully saturated rings. The molecule has 14 nitrogen and oxygen atoms in total. The number of Topliss-reactive ketones (excluding diaryl/α,β-unsaturated/α-hetero) is 2. The number of hydrogen-bond acceptors (Lipinski definition) is 14. The molecule has 2 aliphatic rings. The molecular formula is C34H46O14. The summed E-state index contributed by atoms with van der Waals surface area (Å²) in [5.74, 6) is -10.6. The Hall–Kier alpha value is -4.36. The van der Waals surface area contributed by atoms with Crippen molar-refractivity contribution in [2.75, 3.05) is 0 Å². The zero-order valence-electron chi connectivity index (χ0n) is 29.3. The second kappa shape index (κ2) is 14.8. The number of carbonyl (C=O) groups is 8. The first-order valence-corrected chi connectivity index (χ1v) is 15.5. The summed E-state index contributed by atoms with van der Waals surface area (Å²) in [7, 11) is 0. The lowest BCUT2D eigenvalue weighted by molar-refractivity contribution is -0.191. The predicted molar refractivity (Wildman–Crippen MR) is 165 cm³/mol. The lowest BCUT2D eigenvalue weighted by Crippen LogP contribution is -2.58. The highest BCUT2D eigenvalue weighted by Crippen LogP contribution is 2.54. The highest BCUT2D eigenvalue weighted by molar-refractivity contribution is 5.96. The van der Waals surface area contributed by atoms with Crippen LogP contribution in [-0.2, 0) is 66.8 Å². The van der Waals surface area contributed by atoms with Gasteiger partial charge in [-0.2, -0.15) is 0 Å². The summed E-state index contributed by atoms with van der Waals surface area (Å²) < 4.78 is 34.2. The number of rotatable bonds is 7. The van der Waals surface area contributed by atoms with E-state index in [9.17, 15) is 38.4 Å². The van der Waals surface area contributed by atoms with Crippen molar-refractivity contribution in [3.63, 3.8) is 0 Å². The van der Waals surface area contributed by atoms with Crippen LogP contribution in [0.3, 0.4) is 0 Å². The average Bonchev–Trinajstić information content (AvgIpc) is 3.15. The Kier molecular flexibility index (Phi) is 12.3. The fourth-order valence-electron chi connectivity index (χ4n) is 6.28. The van der Waals surface area contributed by atoms with Crippen LogP contribution in [0, 0.1) is 23.2 Å². The maximum Gasteiger partial charge on any atom is 0.309 e. The molecule has 0 heterocycles. The number of hydrogen-bond donors (Lipinski definition) is 0. The van der Waals surface area contributed by atoms with Crippen molar-refractivity contribution in [1.29, 1.82) is 0 Å². The van der Waals surface area contributed by atoms with Crippen LogP contribution in [0.25, 0.3) is 0 Å². The van der Waals surface area contributed by atoms with Gasteiger partial charge in [-0.15, -0.1) is 0 Å². The number of carbonyl (C=O) groups excluding carboxylic acids is 8. The first-order valence-electron chi connectivity index (χ1n) is 15.5. The van der Waals surface area contributed by atoms with E-state index < -0.39 is 113 Å². The molecule has 0 aromatic rings. The molecule has 266 valence electrons. The van der Waals surface area contributed by atoms with Gasteiger partial charge in [0.2, 0.25) is 6.10 Å². The molecule has 8 atom stereocenters. The molecule has 0 aromatic heterocycles. The Morgan fingerprint density at radius 1 is 0.729 bits per heavy atom. The van der Waals surface area contributed by atoms with Gasteiger partial charge in [0.25, 0.3) is 0 Å². The number of allylic oxidation sites excluding steroid dienone is 2. The first-order chi connectivity index (χ1) is 21.9. The van der Waals surface area contributed by atoms with Crippen LogP contribution in [-0.4, -0.2) is 83.0 Å². The van der Waals surface area contributed by atoms with Gasteiger partial charge in [0, 0.05) is 57.9 Å². The minimum atomic E-state index is -2.35. The van der Waals surface area contributed by atoms with Crippen LogP contribution < -0.4 is 0 Å². The summed E-state index contributed by atoms with van der Waals surface area (Å²) in [4.78, 5) is 105. The number of fused-ring (bicyclic) bond motifs is 1. The minimum absolute atomic E-state index is 0.384. The quantitative estimate of drug-likeness (QED) is 0.217. The molecule has 0 aliphatic heterocycles. The Labute approximate surface area is 279 Å². The molecule has 14 heteroatoms. The third kappa shape index (κ3) is 8.56. The SMILES string of the molecule is C=C1[C@H](OC(C)=O)[C@H]2[C@@H](OC(C)=O)[C@](C)(OC(C)=O)C[C@]2(OC(C)=O)C(=O)[C@H](C)/C=C/C(C)(C)C(=O)[C@H](OC(C)=O)[C@H]1OC(=O)C(C)C. The Morgan fingerprint density at radius 2 is 1.23 bits per heavy atom. The lowest BCUT2D eigenvalue weighted by Gasteiger charge is -2.42. The van der Waals surface area contributed by atoms with E-state index >= 15 is 0 Å². The van der Waals surface area contributed by atoms with Gasteiger partial charge >= 0.3 is 35.8 Å². The van der Waals surface area contributed by atoms with Crippen molar-refractivity contribution in [1.82, 2.24) is 0 Å². The van der Waals surface area contributed by atoms with Crippen LogP contribution in [0.4, 0.5) is 0 Å². The van der Waals surface area contributed by atoms with E-state index in [-0.39, 0.29) is 5.57 Å². The molecule has 0 saturated heterocycles. The van der Waals surface area contributed by atoms with Crippen LogP contribution in [0.15, 0.2) is 24.3 Å². The number of ketones is 2. The Balaban J connectivity index is 3.23. The topological polar surface area (TPSA) is 192 Å². The van der Waals surface area contributed by atoms with Crippen molar-refractivity contribution < 1.29 is 66.8 Å². The summed E-state index contributed by atoms with van der Waals surface area (Å²) in [5, 5.41) is 0. The molecule has 2 rings (SSSR count). The zero-order valence-corrected chi connectivity index (χ0v) is 29.3. The van der Waals surface area contributed by atoms with Crippen molar-refractivity contribution in [2.45, 2.75) is 118 Å². The number of ether oxygens (including phenoxy) is 6.